The van der Waals surface area contributed by atoms with Crippen molar-refractivity contribution in [3.05, 3.63) is 33.9 Å². The average Bonchev–Trinajstić information content (AvgIpc) is 2.35. The lowest BCUT2D eigenvalue weighted by Gasteiger charge is -2.19. The third-order valence-corrected chi connectivity index (χ3v) is 2.69. The zero-order valence-electron chi connectivity index (χ0n) is 10.8. The Balaban J connectivity index is 2.82. The van der Waals surface area contributed by atoms with E-state index in [1.807, 2.05) is 0 Å². The van der Waals surface area contributed by atoms with E-state index in [-0.39, 0.29) is 24.5 Å². The molecule has 0 aliphatic heterocycles. The van der Waals surface area contributed by atoms with Crippen LogP contribution in [0.15, 0.2) is 18.2 Å². The number of alkyl halides is 3. The van der Waals surface area contributed by atoms with E-state index in [2.05, 4.69) is 5.43 Å². The molecule has 112 valence electrons. The molecule has 1 aromatic rings. The van der Waals surface area contributed by atoms with E-state index in [0.717, 1.165) is 0 Å². The number of halogens is 3. The van der Waals surface area contributed by atoms with Crippen LogP contribution in [0.2, 0.25) is 0 Å². The summed E-state index contributed by atoms with van der Waals surface area (Å²) in [4.78, 5) is 11.6. The second-order valence-electron chi connectivity index (χ2n) is 4.32. The molecule has 0 atom stereocenters. The molecular weight excluding hydrogens is 277 g/mol. The van der Waals surface area contributed by atoms with Crippen LogP contribution in [-0.4, -0.2) is 29.6 Å². The van der Waals surface area contributed by atoms with E-state index in [0.29, 0.717) is 5.56 Å². The SMILES string of the molecule is CN(CCC(F)(F)F)Cc1cccc([N+](=O)[O-])c1NN. The van der Waals surface area contributed by atoms with Crippen LogP contribution >= 0.6 is 0 Å². The van der Waals surface area contributed by atoms with Gasteiger partial charge in [0.2, 0.25) is 0 Å². The maximum atomic E-state index is 12.1. The fourth-order valence-electron chi connectivity index (χ4n) is 1.72. The number of nitrogens with one attached hydrogen (secondary N) is 1. The summed E-state index contributed by atoms with van der Waals surface area (Å²) in [6, 6.07) is 4.31. The second kappa shape index (κ2) is 6.53. The number of nitrogens with two attached hydrogens (primary N) is 1. The smallest absolute Gasteiger partial charge is 0.318 e. The predicted molar refractivity (Wildman–Crippen MR) is 67.9 cm³/mol. The van der Waals surface area contributed by atoms with Crippen molar-refractivity contribution in [1.82, 2.24) is 4.90 Å². The summed E-state index contributed by atoms with van der Waals surface area (Å²) >= 11 is 0. The normalized spacial score (nSPS) is 11.7. The number of benzene rings is 1. The number of rotatable bonds is 6. The van der Waals surface area contributed by atoms with Crippen LogP contribution in [0.3, 0.4) is 0 Å². The highest BCUT2D eigenvalue weighted by Gasteiger charge is 2.27. The lowest BCUT2D eigenvalue weighted by Crippen LogP contribution is -2.25. The molecule has 0 aliphatic rings. The summed E-state index contributed by atoms with van der Waals surface area (Å²) in [5, 5.41) is 10.8. The van der Waals surface area contributed by atoms with E-state index in [1.165, 1.54) is 24.1 Å². The Hall–Kier alpha value is -1.87. The predicted octanol–water partition coefficient (Wildman–Crippen LogP) is 2.26. The monoisotopic (exact) mass is 292 g/mol. The van der Waals surface area contributed by atoms with E-state index in [1.54, 1.807) is 6.07 Å². The molecule has 0 aliphatic carbocycles. The Kier molecular flexibility index (Phi) is 5.28. The van der Waals surface area contributed by atoms with Gasteiger partial charge in [0.1, 0.15) is 5.69 Å². The van der Waals surface area contributed by atoms with Crippen LogP contribution in [0.4, 0.5) is 24.5 Å². The highest BCUT2D eigenvalue weighted by atomic mass is 19.4. The lowest BCUT2D eigenvalue weighted by atomic mass is 10.1. The van der Waals surface area contributed by atoms with Gasteiger partial charge in [0.05, 0.1) is 11.3 Å². The summed E-state index contributed by atoms with van der Waals surface area (Å²) in [6.45, 7) is -0.0759. The summed E-state index contributed by atoms with van der Waals surface area (Å²) in [7, 11) is 1.50. The van der Waals surface area contributed by atoms with E-state index < -0.39 is 17.5 Å². The van der Waals surface area contributed by atoms with Gasteiger partial charge in [-0.1, -0.05) is 12.1 Å². The molecule has 1 rings (SSSR count). The topological polar surface area (TPSA) is 84.4 Å². The Morgan fingerprint density at radius 1 is 1.45 bits per heavy atom. The van der Waals surface area contributed by atoms with E-state index in [9.17, 15) is 23.3 Å². The van der Waals surface area contributed by atoms with Crippen LogP contribution in [0, 0.1) is 10.1 Å². The third kappa shape index (κ3) is 4.67. The minimum atomic E-state index is -4.23. The number of para-hydroxylation sites is 1. The van der Waals surface area contributed by atoms with Gasteiger partial charge in [-0.05, 0) is 12.6 Å². The first-order valence-corrected chi connectivity index (χ1v) is 5.73. The molecule has 0 aromatic heterocycles. The van der Waals surface area contributed by atoms with Crippen molar-refractivity contribution < 1.29 is 18.1 Å². The molecular formula is C11H15F3N4O2. The molecule has 6 nitrogen and oxygen atoms in total. The van der Waals surface area contributed by atoms with Gasteiger partial charge >= 0.3 is 6.18 Å². The first-order valence-electron chi connectivity index (χ1n) is 5.73. The number of nitrogens with zero attached hydrogens (tertiary/aromatic N) is 2. The maximum absolute atomic E-state index is 12.1. The second-order valence-corrected chi connectivity index (χ2v) is 4.32. The van der Waals surface area contributed by atoms with Crippen molar-refractivity contribution in [1.29, 1.82) is 0 Å². The van der Waals surface area contributed by atoms with Crippen molar-refractivity contribution in [2.75, 3.05) is 19.0 Å². The Morgan fingerprint density at radius 2 is 2.10 bits per heavy atom. The molecule has 1 aromatic carbocycles. The lowest BCUT2D eigenvalue weighted by molar-refractivity contribution is -0.384. The van der Waals surface area contributed by atoms with Gasteiger partial charge in [-0.25, -0.2) is 0 Å². The van der Waals surface area contributed by atoms with Crippen molar-refractivity contribution in [3.63, 3.8) is 0 Å². The first kappa shape index (κ1) is 16.2. The molecule has 0 heterocycles. The van der Waals surface area contributed by atoms with Gasteiger partial charge < -0.3 is 10.3 Å². The molecule has 0 unspecified atom stereocenters. The molecule has 0 amide bonds. The van der Waals surface area contributed by atoms with Crippen molar-refractivity contribution in [2.45, 2.75) is 19.1 Å². The van der Waals surface area contributed by atoms with Gasteiger partial charge in [0.15, 0.2) is 0 Å². The molecule has 0 bridgehead atoms. The number of hydrogen-bond acceptors (Lipinski definition) is 5. The molecule has 0 spiro atoms. The molecule has 0 saturated heterocycles. The fourth-order valence-corrected chi connectivity index (χ4v) is 1.72. The molecule has 0 fully saturated rings. The van der Waals surface area contributed by atoms with Crippen molar-refractivity contribution >= 4 is 11.4 Å². The van der Waals surface area contributed by atoms with E-state index in [4.69, 9.17) is 5.84 Å². The number of hydrogen-bond donors (Lipinski definition) is 2. The van der Waals surface area contributed by atoms with Crippen LogP contribution < -0.4 is 11.3 Å². The highest BCUT2D eigenvalue weighted by molar-refractivity contribution is 5.65. The third-order valence-electron chi connectivity index (χ3n) is 2.69. The minimum Gasteiger partial charge on any atom is -0.318 e. The van der Waals surface area contributed by atoms with Gasteiger partial charge in [-0.15, -0.1) is 0 Å². The van der Waals surface area contributed by atoms with Gasteiger partial charge in [-0.3, -0.25) is 16.0 Å². The number of hydrazine groups is 1. The van der Waals surface area contributed by atoms with Crippen molar-refractivity contribution in [3.8, 4) is 0 Å². The van der Waals surface area contributed by atoms with Crippen molar-refractivity contribution in [2.24, 2.45) is 5.84 Å². The highest BCUT2D eigenvalue weighted by Crippen LogP contribution is 2.28. The Bertz CT molecular complexity index is 479. The summed E-state index contributed by atoms with van der Waals surface area (Å²) in [5.41, 5.74) is 2.59. The average molecular weight is 292 g/mol. The van der Waals surface area contributed by atoms with Gasteiger partial charge in [0, 0.05) is 19.2 Å². The van der Waals surface area contributed by atoms with Gasteiger partial charge in [0.25, 0.3) is 5.69 Å². The maximum Gasteiger partial charge on any atom is 0.390 e. The summed E-state index contributed by atoms with van der Waals surface area (Å²) in [5.74, 6) is 5.26. The molecule has 0 saturated carbocycles. The van der Waals surface area contributed by atoms with Crippen LogP contribution in [0.1, 0.15) is 12.0 Å². The Morgan fingerprint density at radius 3 is 2.60 bits per heavy atom. The zero-order valence-corrected chi connectivity index (χ0v) is 10.8. The number of nitrogen functional groups attached to an aromatic ring is 1. The number of anilines is 1. The summed E-state index contributed by atoms with van der Waals surface area (Å²) < 4.78 is 36.4. The quantitative estimate of drug-likeness (QED) is 0.477. The van der Waals surface area contributed by atoms with Crippen LogP contribution in [-0.2, 0) is 6.54 Å². The molecule has 20 heavy (non-hydrogen) atoms. The fraction of sp³-hybridized carbons (Fsp3) is 0.455. The first-order chi connectivity index (χ1) is 9.24. The minimum absolute atomic E-state index is 0.108. The Labute approximate surface area is 113 Å². The van der Waals surface area contributed by atoms with Gasteiger partial charge in [-0.2, -0.15) is 13.2 Å². The zero-order chi connectivity index (χ0) is 15.3. The van der Waals surface area contributed by atoms with E-state index >= 15 is 0 Å². The standard InChI is InChI=1S/C11H15F3N4O2/c1-17(6-5-11(12,13)14)7-8-3-2-4-9(18(19)20)10(8)16-15/h2-4,16H,5-7,15H2,1H3. The summed E-state index contributed by atoms with van der Waals surface area (Å²) in [6.07, 6.45) is -5.17. The largest absolute Gasteiger partial charge is 0.390 e. The molecule has 9 heteroatoms. The molecule has 3 N–H and O–H groups in total. The molecule has 0 radical (unpaired) electrons. The van der Waals surface area contributed by atoms with Crippen LogP contribution in [0.5, 0.6) is 0 Å². The van der Waals surface area contributed by atoms with Crippen LogP contribution in [0.25, 0.3) is 0 Å². The number of nitro groups is 1. The number of nitro benzene ring substituents is 1.